The SMILES string of the molecule is O=C([6O])C1CC1. The molecule has 33 valence electrons. The van der Waals surface area contributed by atoms with Crippen molar-refractivity contribution in [3.8, 4) is 0 Å². The van der Waals surface area contributed by atoms with Crippen LogP contribution in [0.15, 0.2) is 0 Å². The summed E-state index contributed by atoms with van der Waals surface area (Å²) in [6.07, 6.45) is 1.67. The quantitative estimate of drug-likeness (QED) is 0.443. The molecule has 0 saturated heterocycles. The lowest BCUT2D eigenvalue weighted by Crippen LogP contribution is -1.91. The number of hydrogen-bond donors (Lipinski definition) is 0. The summed E-state index contributed by atoms with van der Waals surface area (Å²) in [4.78, 5) is 9.65. The lowest BCUT2D eigenvalue weighted by Gasteiger charge is -1.69. The first kappa shape index (κ1) is 3.65. The van der Waals surface area contributed by atoms with E-state index in [4.69, 9.17) is 0 Å². The van der Waals surface area contributed by atoms with Gasteiger partial charge in [-0.15, -0.1) is 0 Å². The molecule has 0 unspecified atom stereocenters. The lowest BCUT2D eigenvalue weighted by molar-refractivity contribution is -0.144. The Bertz CT molecular complexity index is 73.6. The molecule has 1 aliphatic rings. The lowest BCUT2D eigenvalue weighted by atomic mass is 5.83. The number of hydrogen-bond acceptors (Lipinski definition) is 1. The van der Waals surface area contributed by atoms with E-state index < -0.39 is 5.97 Å². The molecule has 0 aromatic rings. The molecule has 0 amide bonds. The summed E-state index contributed by atoms with van der Waals surface area (Å²) in [5.74, 6) is -0.972. The Kier molecular flexibility index (Phi) is 0.587. The average molecular weight is 75.1 g/mol. The Balaban J connectivity index is 2.31. The Morgan fingerprint density at radius 2 is 2.17 bits per heavy atom. The first-order valence-corrected chi connectivity index (χ1v) is 2.01. The van der Waals surface area contributed by atoms with Gasteiger partial charge in [0.15, 0.2) is 0 Å². The van der Waals surface area contributed by atoms with Crippen LogP contribution in [0.1, 0.15) is 12.8 Å². The number of carbonyl (C=O) groups excluding carboxylic acids is 1. The summed E-state index contributed by atoms with van der Waals surface area (Å²) in [7, 11) is 0. The second-order valence-electron chi connectivity index (χ2n) is 1.59. The minimum absolute atomic E-state index is 0.0926. The van der Waals surface area contributed by atoms with Crippen LogP contribution in [-0.2, 0) is 9.90 Å². The van der Waals surface area contributed by atoms with Crippen LogP contribution in [0.5, 0.6) is 0 Å². The van der Waals surface area contributed by atoms with Gasteiger partial charge in [-0.05, 0) is 12.8 Å². The van der Waals surface area contributed by atoms with Gasteiger partial charge in [0, 0.05) is 0 Å². The van der Waals surface area contributed by atoms with Gasteiger partial charge in [-0.3, -0.25) is 0 Å². The van der Waals surface area contributed by atoms with Gasteiger partial charge >= 0.3 is 5.97 Å². The van der Waals surface area contributed by atoms with Crippen LogP contribution >= 0.6 is 0 Å². The molecule has 0 N–H and O–H groups in total. The van der Waals surface area contributed by atoms with Crippen LogP contribution < -0.4 is 0 Å². The topological polar surface area (TPSA) is 37.0 Å². The third kappa shape index (κ3) is 0.506. The average Bonchev–Trinajstić information content (AvgIpc) is 2.06. The standard InChI is InChI=1S/C4H5O2/c5-4(6)3-1-2-3/h3H,1-2H2/i5-10. The molecule has 0 aliphatic heterocycles. The third-order valence-electron chi connectivity index (χ3n) is 0.911. The van der Waals surface area contributed by atoms with Crippen LogP contribution in [0.3, 0.4) is 0 Å². The highest BCUT2D eigenvalue weighted by Gasteiger charge is 2.30. The second-order valence-corrected chi connectivity index (χ2v) is 1.59. The Labute approximate surface area is 35.8 Å². The second kappa shape index (κ2) is 0.965. The molecule has 6 heavy (non-hydrogen) atoms. The minimum atomic E-state index is -0.880. The molecule has 0 aromatic carbocycles. The van der Waals surface area contributed by atoms with E-state index >= 15 is 0 Å². The van der Waals surface area contributed by atoms with Gasteiger partial charge in [0.2, 0.25) is 0 Å². The van der Waals surface area contributed by atoms with Gasteiger partial charge < -0.3 is 0 Å². The predicted molar refractivity (Wildman–Crippen MR) is 18.4 cm³/mol. The van der Waals surface area contributed by atoms with E-state index in [-0.39, 0.29) is 5.92 Å². The van der Waals surface area contributed by atoms with Crippen molar-refractivity contribution < 1.29 is 9.90 Å². The highest BCUT2D eigenvalue weighted by Crippen LogP contribution is 2.28. The van der Waals surface area contributed by atoms with E-state index in [0.717, 1.165) is 12.8 Å². The normalized spacial score (nSPS) is 20.7. The molecule has 1 saturated carbocycles. The number of rotatable bonds is 1. The van der Waals surface area contributed by atoms with E-state index in [1.165, 1.54) is 0 Å². The summed E-state index contributed by atoms with van der Waals surface area (Å²) in [5.41, 5.74) is 0. The first-order valence-electron chi connectivity index (χ1n) is 2.01. The maximum absolute atomic E-state index is 9.65. The maximum Gasteiger partial charge on any atom is 0.358 e. The van der Waals surface area contributed by atoms with Crippen molar-refractivity contribution in [3.63, 3.8) is 0 Å². The third-order valence-corrected chi connectivity index (χ3v) is 0.911. The number of carbonyl (C=O) groups is 1. The van der Waals surface area contributed by atoms with Gasteiger partial charge in [0.1, 0.15) is 0 Å². The smallest absolute Gasteiger partial charge is 0.247 e. The van der Waals surface area contributed by atoms with Crippen molar-refractivity contribution in [3.05, 3.63) is 0 Å². The molecule has 0 heterocycles. The summed E-state index contributed by atoms with van der Waals surface area (Å²) in [5, 5.41) is 9.65. The fourth-order valence-corrected chi connectivity index (χ4v) is 0.319. The van der Waals surface area contributed by atoms with Crippen molar-refractivity contribution in [1.29, 1.82) is 0 Å². The molecule has 2 nitrogen and oxygen atoms in total. The maximum atomic E-state index is 9.65. The molecule has 0 aromatic heterocycles. The Morgan fingerprint density at radius 3 is 2.17 bits per heavy atom. The van der Waals surface area contributed by atoms with Gasteiger partial charge in [-0.25, -0.2) is 9.90 Å². The first-order chi connectivity index (χ1) is 2.80. The zero-order chi connectivity index (χ0) is 4.57. The molecule has 0 bridgehead atoms. The van der Waals surface area contributed by atoms with Crippen LogP contribution in [0.25, 0.3) is 0 Å². The summed E-state index contributed by atoms with van der Waals surface area (Å²) < 4.78 is 0. The van der Waals surface area contributed by atoms with Gasteiger partial charge in [0.25, 0.3) is 0 Å². The van der Waals surface area contributed by atoms with Crippen LogP contribution in [-0.4, -0.2) is 5.97 Å². The largest absolute Gasteiger partial charge is 0.358 e. The van der Waals surface area contributed by atoms with Crippen LogP contribution in [0.2, 0.25) is 0 Å². The van der Waals surface area contributed by atoms with Crippen LogP contribution in [0.4, 0.5) is 0 Å². The zero-order valence-corrected chi connectivity index (χ0v) is 3.31. The van der Waals surface area contributed by atoms with Gasteiger partial charge in [0.05, 0.1) is 5.92 Å². The van der Waals surface area contributed by atoms with Crippen molar-refractivity contribution in [2.45, 2.75) is 12.8 Å². The predicted octanol–water partition coefficient (Wildman–Crippen LogP) is 0.354. The molecular formula is C4H5O2. The molecule has 1 radical (unpaired) electrons. The Hall–Kier alpha value is -0.530. The fraction of sp³-hybridized carbons (Fsp3) is 0.750. The van der Waals surface area contributed by atoms with Gasteiger partial charge in [-0.2, -0.15) is 0 Å². The molecule has 1 rings (SSSR count). The summed E-state index contributed by atoms with van der Waals surface area (Å²) in [6, 6.07) is 0. The molecule has 2 heteroatoms. The van der Waals surface area contributed by atoms with E-state index in [1.807, 2.05) is 0 Å². The highest BCUT2D eigenvalue weighted by molar-refractivity contribution is 5.72. The minimum Gasteiger partial charge on any atom is -0.247 e. The van der Waals surface area contributed by atoms with E-state index in [0.29, 0.717) is 0 Å². The van der Waals surface area contributed by atoms with Crippen molar-refractivity contribution >= 4 is 5.97 Å². The molecule has 1 fully saturated rings. The highest BCUT2D eigenvalue weighted by atomic mass is 16.1. The van der Waals surface area contributed by atoms with Crippen molar-refractivity contribution in [2.75, 3.05) is 0 Å². The molecule has 0 atom stereocenters. The van der Waals surface area contributed by atoms with Crippen molar-refractivity contribution in [2.24, 2.45) is 5.92 Å². The van der Waals surface area contributed by atoms with Crippen LogP contribution in [0, 0.1) is 5.92 Å². The molecular weight excluding hydrogens is 70.0 g/mol. The monoisotopic (exact) mass is 75.0 g/mol. The van der Waals surface area contributed by atoms with E-state index in [2.05, 4.69) is 0 Å². The molecule has 1 aliphatic carbocycles. The van der Waals surface area contributed by atoms with Crippen molar-refractivity contribution in [1.82, 2.24) is 0 Å². The van der Waals surface area contributed by atoms with E-state index in [1.54, 1.807) is 0 Å². The fourth-order valence-electron chi connectivity index (χ4n) is 0.319. The summed E-state index contributed by atoms with van der Waals surface area (Å²) >= 11 is 0. The zero-order valence-electron chi connectivity index (χ0n) is 3.31. The van der Waals surface area contributed by atoms with E-state index in [9.17, 15) is 9.90 Å². The summed E-state index contributed by atoms with van der Waals surface area (Å²) in [6.45, 7) is 0. The van der Waals surface area contributed by atoms with Gasteiger partial charge in [-0.1, -0.05) is 0 Å². The Morgan fingerprint density at radius 1 is 1.67 bits per heavy atom. The molecule has 0 spiro atoms.